The maximum atomic E-state index is 11.6. The third-order valence-corrected chi connectivity index (χ3v) is 2.28. The van der Waals surface area contributed by atoms with Gasteiger partial charge >= 0.3 is 11.3 Å². The van der Waals surface area contributed by atoms with Crippen molar-refractivity contribution in [1.82, 2.24) is 9.97 Å². The predicted molar refractivity (Wildman–Crippen MR) is 57.9 cm³/mol. The summed E-state index contributed by atoms with van der Waals surface area (Å²) in [6.07, 6.45) is 0. The highest BCUT2D eigenvalue weighted by Crippen LogP contribution is 2.20. The van der Waals surface area contributed by atoms with Crippen molar-refractivity contribution >= 4 is 11.1 Å². The smallest absolute Gasteiger partial charge is 0.337 e. The highest BCUT2D eigenvalue weighted by Gasteiger charge is 2.16. The molecule has 0 aromatic carbocycles. The van der Waals surface area contributed by atoms with Gasteiger partial charge in [0.1, 0.15) is 11.4 Å². The van der Waals surface area contributed by atoms with Crippen LogP contribution in [0.2, 0.25) is 0 Å². The average Bonchev–Trinajstić information content (AvgIpc) is 2.25. The lowest BCUT2D eigenvalue weighted by atomic mass is 10.1. The first-order valence-corrected chi connectivity index (χ1v) is 4.65. The Hall–Kier alpha value is -2.51. The number of nitrogens with one attached hydrogen (secondary N) is 2. The zero-order valence-corrected chi connectivity index (χ0v) is 8.64. The molecule has 0 amide bonds. The lowest BCUT2D eigenvalue weighted by molar-refractivity contribution is 0.542. The van der Waals surface area contributed by atoms with E-state index in [1.165, 1.54) is 6.92 Å². The highest BCUT2D eigenvalue weighted by molar-refractivity contribution is 5.75. The first-order chi connectivity index (χ1) is 8.02. The minimum atomic E-state index is -0.895. The Kier molecular flexibility index (Phi) is 2.47. The van der Waals surface area contributed by atoms with E-state index in [1.807, 2.05) is 4.98 Å². The molecule has 0 spiro atoms. The molecule has 2 rings (SSSR count). The summed E-state index contributed by atoms with van der Waals surface area (Å²) >= 11 is 0. The van der Waals surface area contributed by atoms with Crippen molar-refractivity contribution in [3.8, 4) is 0 Å². The van der Waals surface area contributed by atoms with Gasteiger partial charge in [-0.1, -0.05) is 5.18 Å². The van der Waals surface area contributed by atoms with Gasteiger partial charge in [-0.3, -0.25) is 14.8 Å². The van der Waals surface area contributed by atoms with Crippen LogP contribution in [0.15, 0.2) is 30.0 Å². The van der Waals surface area contributed by atoms with Gasteiger partial charge < -0.3 is 4.42 Å². The third-order valence-electron chi connectivity index (χ3n) is 2.28. The molecule has 0 aliphatic rings. The normalized spacial score (nSPS) is 12.5. The fourth-order valence-corrected chi connectivity index (χ4v) is 1.52. The molecule has 88 valence electrons. The summed E-state index contributed by atoms with van der Waals surface area (Å²) in [4.78, 5) is 48.4. The zero-order chi connectivity index (χ0) is 12.6. The molecule has 8 heteroatoms. The molecule has 0 aliphatic heterocycles. The summed E-state index contributed by atoms with van der Waals surface area (Å²) in [5.74, 6) is 0. The summed E-state index contributed by atoms with van der Waals surface area (Å²) in [7, 11) is 0. The second-order valence-electron chi connectivity index (χ2n) is 3.41. The van der Waals surface area contributed by atoms with Crippen molar-refractivity contribution < 1.29 is 4.42 Å². The molecule has 0 saturated heterocycles. The summed E-state index contributed by atoms with van der Waals surface area (Å²) in [5, 5.41) is 2.68. The lowest BCUT2D eigenvalue weighted by Crippen LogP contribution is -2.24. The molecule has 0 radical (unpaired) electrons. The van der Waals surface area contributed by atoms with Crippen molar-refractivity contribution in [3.05, 3.63) is 47.8 Å². The second-order valence-corrected chi connectivity index (χ2v) is 3.41. The standard InChI is InChI=1S/C9H7N3O5/c1-3(12-16)4-2-5(13)17-8-6(4)7(14)10-9(15)11-8/h2-3H,1H3,(H2,10,11,14,15). The van der Waals surface area contributed by atoms with Gasteiger partial charge in [-0.15, -0.1) is 0 Å². The van der Waals surface area contributed by atoms with Crippen LogP contribution in [0, 0.1) is 4.91 Å². The number of aromatic amines is 2. The Bertz CT molecular complexity index is 748. The first kappa shape index (κ1) is 11.0. The molecule has 1 unspecified atom stereocenters. The average molecular weight is 237 g/mol. The molecule has 0 fully saturated rings. The van der Waals surface area contributed by atoms with Crippen LogP contribution in [0.1, 0.15) is 18.5 Å². The Labute approximate surface area is 92.3 Å². The molecule has 0 aliphatic carbocycles. The van der Waals surface area contributed by atoms with Crippen LogP contribution in [-0.2, 0) is 0 Å². The van der Waals surface area contributed by atoms with Gasteiger partial charge in [-0.05, 0) is 6.92 Å². The van der Waals surface area contributed by atoms with Crippen LogP contribution in [0.4, 0.5) is 0 Å². The van der Waals surface area contributed by atoms with Gasteiger partial charge in [0.15, 0.2) is 0 Å². The number of nitroso groups, excluding NO2 is 1. The first-order valence-electron chi connectivity index (χ1n) is 4.65. The van der Waals surface area contributed by atoms with E-state index in [2.05, 4.69) is 14.6 Å². The lowest BCUT2D eigenvalue weighted by Gasteiger charge is -2.04. The van der Waals surface area contributed by atoms with Gasteiger partial charge in [0.05, 0.1) is 0 Å². The van der Waals surface area contributed by atoms with Crippen molar-refractivity contribution in [3.63, 3.8) is 0 Å². The van der Waals surface area contributed by atoms with E-state index in [-0.39, 0.29) is 16.7 Å². The number of H-pyrrole nitrogens is 2. The van der Waals surface area contributed by atoms with Gasteiger partial charge in [0, 0.05) is 11.6 Å². The van der Waals surface area contributed by atoms with Crippen molar-refractivity contribution in [2.24, 2.45) is 5.18 Å². The monoisotopic (exact) mass is 237 g/mol. The van der Waals surface area contributed by atoms with Crippen molar-refractivity contribution in [2.75, 3.05) is 0 Å². The summed E-state index contributed by atoms with van der Waals surface area (Å²) < 4.78 is 4.68. The molecule has 17 heavy (non-hydrogen) atoms. The molecule has 0 bridgehead atoms. The van der Waals surface area contributed by atoms with E-state index in [0.29, 0.717) is 0 Å². The molecule has 2 aromatic heterocycles. The number of fused-ring (bicyclic) bond motifs is 1. The fraction of sp³-hybridized carbons (Fsp3) is 0.222. The summed E-state index contributed by atoms with van der Waals surface area (Å²) in [6, 6.07) is 0.107. The Morgan fingerprint density at radius 1 is 1.29 bits per heavy atom. The van der Waals surface area contributed by atoms with Crippen LogP contribution in [0.25, 0.3) is 11.1 Å². The highest BCUT2D eigenvalue weighted by atomic mass is 16.4. The molecular formula is C9H7N3O5. The van der Waals surface area contributed by atoms with Gasteiger partial charge in [0.25, 0.3) is 5.56 Å². The Morgan fingerprint density at radius 2 is 2.00 bits per heavy atom. The van der Waals surface area contributed by atoms with E-state index in [9.17, 15) is 19.3 Å². The third kappa shape index (κ3) is 1.80. The predicted octanol–water partition coefficient (Wildman–Crippen LogP) is -0.00300. The zero-order valence-electron chi connectivity index (χ0n) is 8.64. The van der Waals surface area contributed by atoms with E-state index in [1.54, 1.807) is 0 Å². The molecule has 2 aromatic rings. The SMILES string of the molecule is CC(N=O)c1cc(=O)oc2[nH]c(=O)[nH]c(=O)c12. The van der Waals surface area contributed by atoms with E-state index in [4.69, 9.17) is 0 Å². The van der Waals surface area contributed by atoms with E-state index < -0.39 is 22.9 Å². The molecule has 1 atom stereocenters. The molecular weight excluding hydrogens is 230 g/mol. The molecule has 8 nitrogen and oxygen atoms in total. The number of hydrogen-bond donors (Lipinski definition) is 2. The molecule has 2 N–H and O–H groups in total. The Morgan fingerprint density at radius 3 is 2.65 bits per heavy atom. The van der Waals surface area contributed by atoms with E-state index in [0.717, 1.165) is 6.07 Å². The summed E-state index contributed by atoms with van der Waals surface area (Å²) in [5.41, 5.74) is -2.46. The van der Waals surface area contributed by atoms with Crippen molar-refractivity contribution in [1.29, 1.82) is 0 Å². The van der Waals surface area contributed by atoms with Crippen LogP contribution in [0.3, 0.4) is 0 Å². The minimum absolute atomic E-state index is 0.0590. The van der Waals surface area contributed by atoms with Crippen molar-refractivity contribution in [2.45, 2.75) is 13.0 Å². The molecule has 2 heterocycles. The van der Waals surface area contributed by atoms with Crippen LogP contribution < -0.4 is 16.9 Å². The van der Waals surface area contributed by atoms with Gasteiger partial charge in [0.2, 0.25) is 5.71 Å². The topological polar surface area (TPSA) is 125 Å². The largest absolute Gasteiger partial charge is 0.405 e. The fourth-order valence-electron chi connectivity index (χ4n) is 1.52. The van der Waals surface area contributed by atoms with Crippen LogP contribution >= 0.6 is 0 Å². The quantitative estimate of drug-likeness (QED) is 0.711. The van der Waals surface area contributed by atoms with Gasteiger partial charge in [-0.2, -0.15) is 4.91 Å². The number of aromatic nitrogens is 2. The van der Waals surface area contributed by atoms with Crippen LogP contribution in [0.5, 0.6) is 0 Å². The molecule has 0 saturated carbocycles. The van der Waals surface area contributed by atoms with E-state index >= 15 is 0 Å². The number of nitrogens with zero attached hydrogens (tertiary/aromatic N) is 1. The minimum Gasteiger partial charge on any atom is -0.405 e. The second kappa shape index (κ2) is 3.81. The Balaban J connectivity index is 3.03. The summed E-state index contributed by atoms with van der Waals surface area (Å²) in [6.45, 7) is 1.42. The van der Waals surface area contributed by atoms with Crippen LogP contribution in [-0.4, -0.2) is 9.97 Å². The maximum Gasteiger partial charge on any atom is 0.337 e. The number of rotatable bonds is 2. The number of hydrogen-bond acceptors (Lipinski definition) is 6. The maximum absolute atomic E-state index is 11.6. The van der Waals surface area contributed by atoms with Gasteiger partial charge in [-0.25, -0.2) is 9.59 Å².